The Balaban J connectivity index is 1.69. The number of nitrogens with zero attached hydrogens (tertiary/aromatic N) is 1. The van der Waals surface area contributed by atoms with Crippen LogP contribution in [0.5, 0.6) is 5.75 Å². The van der Waals surface area contributed by atoms with E-state index in [4.69, 9.17) is 9.47 Å². The molecule has 1 aliphatic rings. The molecule has 146 valence electrons. The van der Waals surface area contributed by atoms with Gasteiger partial charge in [-0.15, -0.1) is 0 Å². The fourth-order valence-electron chi connectivity index (χ4n) is 2.96. The molecule has 7 heteroatoms. The molecule has 0 aliphatic carbocycles. The van der Waals surface area contributed by atoms with Crippen LogP contribution in [0.15, 0.2) is 54.6 Å². The van der Waals surface area contributed by atoms with Gasteiger partial charge in [-0.1, -0.05) is 42.5 Å². The number of cyclic esters (lactones) is 1. The number of imide groups is 1. The number of hydrogen-bond acceptors (Lipinski definition) is 5. The van der Waals surface area contributed by atoms with Crippen molar-refractivity contribution in [2.75, 3.05) is 19.8 Å². The largest absolute Gasteiger partial charge is 0.494 e. The van der Waals surface area contributed by atoms with Crippen molar-refractivity contribution in [3.63, 3.8) is 0 Å². The van der Waals surface area contributed by atoms with E-state index in [1.54, 1.807) is 0 Å². The van der Waals surface area contributed by atoms with Gasteiger partial charge in [0.15, 0.2) is 6.61 Å². The Morgan fingerprint density at radius 1 is 1.14 bits per heavy atom. The summed E-state index contributed by atoms with van der Waals surface area (Å²) in [4.78, 5) is 37.2. The van der Waals surface area contributed by atoms with Crippen molar-refractivity contribution in [2.45, 2.75) is 19.4 Å². The number of benzene rings is 2. The first-order valence-electron chi connectivity index (χ1n) is 9.10. The van der Waals surface area contributed by atoms with Crippen molar-refractivity contribution in [3.8, 4) is 5.75 Å². The number of nitrogens with one attached hydrogen (secondary N) is 1. The minimum atomic E-state index is -0.688. The predicted molar refractivity (Wildman–Crippen MR) is 102 cm³/mol. The molecule has 0 radical (unpaired) electrons. The third-order valence-corrected chi connectivity index (χ3v) is 4.34. The standard InChI is InChI=1S/C21H22N2O5/c1-2-27-17-10-8-15(9-11-17)12-19(24)22-18(16-6-4-3-5-7-16)13-23-20(25)14-28-21(23)26/h3-11,18H,2,12-14H2,1H3,(H,22,24). The molecule has 0 saturated carbocycles. The fraction of sp³-hybridized carbons (Fsp3) is 0.286. The average Bonchev–Trinajstić information content (AvgIpc) is 3.02. The topological polar surface area (TPSA) is 84.9 Å². The number of amides is 3. The van der Waals surface area contributed by atoms with Crippen LogP contribution in [0.25, 0.3) is 0 Å². The van der Waals surface area contributed by atoms with Crippen LogP contribution in [0, 0.1) is 0 Å². The van der Waals surface area contributed by atoms with Gasteiger partial charge < -0.3 is 14.8 Å². The van der Waals surface area contributed by atoms with Crippen LogP contribution in [0.2, 0.25) is 0 Å². The molecule has 0 bridgehead atoms. The summed E-state index contributed by atoms with van der Waals surface area (Å²) in [6.45, 7) is 2.25. The summed E-state index contributed by atoms with van der Waals surface area (Å²) in [5, 5.41) is 2.92. The zero-order valence-corrected chi connectivity index (χ0v) is 15.6. The maximum atomic E-state index is 12.6. The maximum absolute atomic E-state index is 12.6. The summed E-state index contributed by atoms with van der Waals surface area (Å²) in [5.74, 6) is 0.129. The highest BCUT2D eigenvalue weighted by atomic mass is 16.6. The van der Waals surface area contributed by atoms with E-state index < -0.39 is 18.0 Å². The van der Waals surface area contributed by atoms with Gasteiger partial charge in [-0.3, -0.25) is 9.59 Å². The SMILES string of the molecule is CCOc1ccc(CC(=O)NC(CN2C(=O)COC2=O)c2ccccc2)cc1. The third kappa shape index (κ3) is 4.88. The molecule has 2 aromatic carbocycles. The second-order valence-corrected chi connectivity index (χ2v) is 6.34. The minimum Gasteiger partial charge on any atom is -0.494 e. The van der Waals surface area contributed by atoms with Crippen molar-refractivity contribution in [1.82, 2.24) is 10.2 Å². The van der Waals surface area contributed by atoms with Crippen molar-refractivity contribution in [1.29, 1.82) is 0 Å². The van der Waals surface area contributed by atoms with Crippen LogP contribution in [0.4, 0.5) is 4.79 Å². The van der Waals surface area contributed by atoms with E-state index in [1.807, 2.05) is 61.5 Å². The summed E-state index contributed by atoms with van der Waals surface area (Å²) >= 11 is 0. The molecular weight excluding hydrogens is 360 g/mol. The monoisotopic (exact) mass is 382 g/mol. The van der Waals surface area contributed by atoms with E-state index in [9.17, 15) is 14.4 Å². The number of carbonyl (C=O) groups is 3. The van der Waals surface area contributed by atoms with Gasteiger partial charge in [0.1, 0.15) is 5.75 Å². The fourth-order valence-corrected chi connectivity index (χ4v) is 2.96. The number of rotatable bonds is 8. The molecule has 1 heterocycles. The number of carbonyl (C=O) groups excluding carboxylic acids is 3. The molecule has 0 aromatic heterocycles. The van der Waals surface area contributed by atoms with Gasteiger partial charge in [-0.05, 0) is 30.2 Å². The molecule has 1 fully saturated rings. The lowest BCUT2D eigenvalue weighted by atomic mass is 10.1. The Bertz CT molecular complexity index is 820. The predicted octanol–water partition coefficient (Wildman–Crippen LogP) is 2.46. The molecule has 2 aromatic rings. The summed E-state index contributed by atoms with van der Waals surface area (Å²) in [5.41, 5.74) is 1.64. The summed E-state index contributed by atoms with van der Waals surface area (Å²) in [7, 11) is 0. The van der Waals surface area contributed by atoms with Gasteiger partial charge in [-0.25, -0.2) is 9.69 Å². The molecule has 1 atom stereocenters. The molecule has 1 N–H and O–H groups in total. The number of hydrogen-bond donors (Lipinski definition) is 1. The molecule has 1 saturated heterocycles. The maximum Gasteiger partial charge on any atom is 0.417 e. The first-order chi connectivity index (χ1) is 13.6. The highest BCUT2D eigenvalue weighted by Crippen LogP contribution is 2.18. The molecule has 28 heavy (non-hydrogen) atoms. The number of ether oxygens (including phenoxy) is 2. The van der Waals surface area contributed by atoms with Crippen LogP contribution in [0.3, 0.4) is 0 Å². The van der Waals surface area contributed by atoms with E-state index in [1.165, 1.54) is 0 Å². The Kier molecular flexibility index (Phi) is 6.26. The van der Waals surface area contributed by atoms with Gasteiger partial charge in [0.25, 0.3) is 5.91 Å². The highest BCUT2D eigenvalue weighted by Gasteiger charge is 2.33. The second-order valence-electron chi connectivity index (χ2n) is 6.34. The molecule has 1 aliphatic heterocycles. The smallest absolute Gasteiger partial charge is 0.417 e. The average molecular weight is 382 g/mol. The Hall–Kier alpha value is -3.35. The van der Waals surface area contributed by atoms with Gasteiger partial charge in [0.2, 0.25) is 5.91 Å². The highest BCUT2D eigenvalue weighted by molar-refractivity contribution is 5.97. The second kappa shape index (κ2) is 9.03. The molecule has 1 unspecified atom stereocenters. The molecule has 3 rings (SSSR count). The molecule has 3 amide bonds. The van der Waals surface area contributed by atoms with Crippen molar-refractivity contribution < 1.29 is 23.9 Å². The quantitative estimate of drug-likeness (QED) is 0.758. The van der Waals surface area contributed by atoms with Gasteiger partial charge in [0, 0.05) is 0 Å². The normalized spacial score (nSPS) is 14.5. The Labute approximate surface area is 163 Å². The van der Waals surface area contributed by atoms with Gasteiger partial charge in [-0.2, -0.15) is 0 Å². The summed E-state index contributed by atoms with van der Waals surface area (Å²) < 4.78 is 10.2. The minimum absolute atomic E-state index is 0.0245. The van der Waals surface area contributed by atoms with Crippen LogP contribution < -0.4 is 10.1 Å². The van der Waals surface area contributed by atoms with Crippen LogP contribution in [0.1, 0.15) is 24.1 Å². The van der Waals surface area contributed by atoms with Crippen LogP contribution in [-0.4, -0.2) is 42.6 Å². The zero-order chi connectivity index (χ0) is 19.9. The third-order valence-electron chi connectivity index (χ3n) is 4.34. The Morgan fingerprint density at radius 3 is 2.46 bits per heavy atom. The summed E-state index contributed by atoms with van der Waals surface area (Å²) in [6, 6.07) is 16.0. The lowest BCUT2D eigenvalue weighted by Crippen LogP contribution is -2.40. The van der Waals surface area contributed by atoms with Crippen LogP contribution in [-0.2, 0) is 20.7 Å². The van der Waals surface area contributed by atoms with Gasteiger partial charge >= 0.3 is 6.09 Å². The lowest BCUT2D eigenvalue weighted by molar-refractivity contribution is -0.127. The molecular formula is C21H22N2O5. The van der Waals surface area contributed by atoms with Crippen molar-refractivity contribution in [3.05, 3.63) is 65.7 Å². The van der Waals surface area contributed by atoms with Crippen molar-refractivity contribution in [2.24, 2.45) is 0 Å². The van der Waals surface area contributed by atoms with E-state index in [0.717, 1.165) is 21.8 Å². The van der Waals surface area contributed by atoms with E-state index in [0.29, 0.717) is 6.61 Å². The van der Waals surface area contributed by atoms with Crippen molar-refractivity contribution >= 4 is 17.9 Å². The van der Waals surface area contributed by atoms with E-state index in [2.05, 4.69) is 5.32 Å². The Morgan fingerprint density at radius 2 is 1.86 bits per heavy atom. The lowest BCUT2D eigenvalue weighted by Gasteiger charge is -2.23. The zero-order valence-electron chi connectivity index (χ0n) is 15.6. The molecule has 7 nitrogen and oxygen atoms in total. The first-order valence-corrected chi connectivity index (χ1v) is 9.10. The first kappa shape index (κ1) is 19.4. The van der Waals surface area contributed by atoms with Crippen LogP contribution >= 0.6 is 0 Å². The summed E-state index contributed by atoms with van der Waals surface area (Å²) in [6.07, 6.45) is -0.514. The van der Waals surface area contributed by atoms with E-state index in [-0.39, 0.29) is 25.5 Å². The van der Waals surface area contributed by atoms with E-state index >= 15 is 0 Å². The molecule has 0 spiro atoms. The van der Waals surface area contributed by atoms with Gasteiger partial charge in [0.05, 0.1) is 25.6 Å².